The van der Waals surface area contributed by atoms with Crippen molar-refractivity contribution in [3.05, 3.63) is 78.8 Å². The van der Waals surface area contributed by atoms with Crippen molar-refractivity contribution >= 4 is 11.7 Å². The van der Waals surface area contributed by atoms with Crippen LogP contribution in [-0.2, 0) is 11.3 Å². The zero-order chi connectivity index (χ0) is 16.1. The molecule has 1 atom stereocenters. The third kappa shape index (κ3) is 3.45. The topological polar surface area (TPSA) is 51.0 Å². The van der Waals surface area contributed by atoms with Crippen molar-refractivity contribution < 1.29 is 4.79 Å². The maximum absolute atomic E-state index is 13.0. The Hall–Kier alpha value is -2.95. The summed E-state index contributed by atoms with van der Waals surface area (Å²) in [6, 6.07) is 16.9. The van der Waals surface area contributed by atoms with Gasteiger partial charge in [0, 0.05) is 18.6 Å². The summed E-state index contributed by atoms with van der Waals surface area (Å²) in [6.07, 6.45) is 5.16. The molecule has 23 heavy (non-hydrogen) atoms. The van der Waals surface area contributed by atoms with Crippen LogP contribution in [0.3, 0.4) is 0 Å². The highest BCUT2D eigenvalue weighted by Crippen LogP contribution is 2.19. The summed E-state index contributed by atoms with van der Waals surface area (Å²) in [5, 5.41) is 4.17. The van der Waals surface area contributed by atoms with E-state index in [-0.39, 0.29) is 5.91 Å². The first-order chi connectivity index (χ1) is 11.3. The smallest absolute Gasteiger partial charge is 0.253 e. The number of hydrogen-bond acceptors (Lipinski definition) is 3. The molecule has 1 aromatic carbocycles. The molecule has 116 valence electrons. The number of hydrogen-bond donors (Lipinski definition) is 0. The molecule has 3 aromatic rings. The Labute approximate surface area is 135 Å². The van der Waals surface area contributed by atoms with Gasteiger partial charge in [0.1, 0.15) is 11.9 Å². The van der Waals surface area contributed by atoms with Crippen molar-refractivity contribution in [1.29, 1.82) is 0 Å². The molecule has 0 fully saturated rings. The van der Waals surface area contributed by atoms with Crippen LogP contribution in [0.4, 0.5) is 5.82 Å². The number of aromatic nitrogens is 3. The molecular weight excluding hydrogens is 288 g/mol. The number of amides is 1. The van der Waals surface area contributed by atoms with Crippen LogP contribution >= 0.6 is 0 Å². The molecule has 0 aliphatic rings. The van der Waals surface area contributed by atoms with Gasteiger partial charge < -0.3 is 0 Å². The highest BCUT2D eigenvalue weighted by Gasteiger charge is 2.24. The molecule has 0 aliphatic carbocycles. The van der Waals surface area contributed by atoms with Crippen LogP contribution in [0.15, 0.2) is 73.2 Å². The standard InChI is InChI=1S/C18H18N4O/c1-15(22-13-7-12-20-22)18(23)21(17-10-5-6-11-19-17)14-16-8-3-2-4-9-16/h2-13,15H,14H2,1H3/t15-/m0/s1. The summed E-state index contributed by atoms with van der Waals surface area (Å²) in [5.41, 5.74) is 1.05. The van der Waals surface area contributed by atoms with Gasteiger partial charge in [-0.3, -0.25) is 14.4 Å². The molecule has 2 aromatic heterocycles. The second-order valence-electron chi connectivity index (χ2n) is 5.26. The molecule has 5 nitrogen and oxygen atoms in total. The van der Waals surface area contributed by atoms with E-state index in [0.717, 1.165) is 5.56 Å². The molecule has 5 heteroatoms. The predicted molar refractivity (Wildman–Crippen MR) is 88.8 cm³/mol. The maximum Gasteiger partial charge on any atom is 0.253 e. The van der Waals surface area contributed by atoms with Gasteiger partial charge in [-0.1, -0.05) is 36.4 Å². The fourth-order valence-electron chi connectivity index (χ4n) is 2.40. The summed E-state index contributed by atoms with van der Waals surface area (Å²) >= 11 is 0. The number of nitrogens with zero attached hydrogens (tertiary/aromatic N) is 4. The lowest BCUT2D eigenvalue weighted by Gasteiger charge is -2.25. The second-order valence-corrected chi connectivity index (χ2v) is 5.26. The molecule has 0 bridgehead atoms. The van der Waals surface area contributed by atoms with E-state index in [4.69, 9.17) is 0 Å². The Morgan fingerprint density at radius 2 is 1.87 bits per heavy atom. The molecule has 0 unspecified atom stereocenters. The minimum absolute atomic E-state index is 0.0451. The van der Waals surface area contributed by atoms with Crippen molar-refractivity contribution in [1.82, 2.24) is 14.8 Å². The van der Waals surface area contributed by atoms with E-state index < -0.39 is 6.04 Å². The molecule has 0 aliphatic heterocycles. The lowest BCUT2D eigenvalue weighted by Crippen LogP contribution is -2.36. The van der Waals surface area contributed by atoms with Gasteiger partial charge in [0.25, 0.3) is 5.91 Å². The van der Waals surface area contributed by atoms with Crippen molar-refractivity contribution in [2.75, 3.05) is 4.90 Å². The minimum Gasteiger partial charge on any atom is -0.290 e. The number of carbonyl (C=O) groups is 1. The van der Waals surface area contributed by atoms with Crippen LogP contribution in [0.25, 0.3) is 0 Å². The van der Waals surface area contributed by atoms with Crippen molar-refractivity contribution in [2.24, 2.45) is 0 Å². The zero-order valence-electron chi connectivity index (χ0n) is 12.9. The quantitative estimate of drug-likeness (QED) is 0.728. The van der Waals surface area contributed by atoms with Crippen LogP contribution in [0.5, 0.6) is 0 Å². The first kappa shape index (κ1) is 15.0. The lowest BCUT2D eigenvalue weighted by atomic mass is 10.2. The van der Waals surface area contributed by atoms with E-state index in [1.807, 2.05) is 61.5 Å². The Balaban J connectivity index is 1.90. The van der Waals surface area contributed by atoms with Gasteiger partial charge in [0.05, 0.1) is 6.54 Å². The molecule has 0 spiro atoms. The number of carbonyl (C=O) groups excluding carboxylic acids is 1. The van der Waals surface area contributed by atoms with Crippen molar-refractivity contribution in [3.8, 4) is 0 Å². The van der Waals surface area contributed by atoms with Crippen LogP contribution in [0, 0.1) is 0 Å². The van der Waals surface area contributed by atoms with Crippen molar-refractivity contribution in [3.63, 3.8) is 0 Å². The minimum atomic E-state index is -0.393. The van der Waals surface area contributed by atoms with E-state index in [1.54, 1.807) is 28.2 Å². The van der Waals surface area contributed by atoms with Gasteiger partial charge in [-0.05, 0) is 30.7 Å². The van der Waals surface area contributed by atoms with Gasteiger partial charge in [0.2, 0.25) is 0 Å². The average molecular weight is 306 g/mol. The summed E-state index contributed by atoms with van der Waals surface area (Å²) < 4.78 is 1.66. The molecule has 3 rings (SSSR count). The third-order valence-corrected chi connectivity index (χ3v) is 3.65. The first-order valence-corrected chi connectivity index (χ1v) is 7.51. The fourth-order valence-corrected chi connectivity index (χ4v) is 2.40. The summed E-state index contributed by atoms with van der Waals surface area (Å²) in [6.45, 7) is 2.32. The molecule has 1 amide bonds. The molecule has 0 radical (unpaired) electrons. The van der Waals surface area contributed by atoms with E-state index in [0.29, 0.717) is 12.4 Å². The maximum atomic E-state index is 13.0. The molecular formula is C18H18N4O. The number of pyridine rings is 1. The van der Waals surface area contributed by atoms with E-state index in [9.17, 15) is 4.79 Å². The Morgan fingerprint density at radius 3 is 2.52 bits per heavy atom. The lowest BCUT2D eigenvalue weighted by molar-refractivity contribution is -0.121. The normalized spacial score (nSPS) is 11.9. The first-order valence-electron chi connectivity index (χ1n) is 7.51. The number of benzene rings is 1. The Morgan fingerprint density at radius 1 is 1.09 bits per heavy atom. The van der Waals surface area contributed by atoms with Crippen molar-refractivity contribution in [2.45, 2.75) is 19.5 Å². The number of anilines is 1. The fraction of sp³-hybridized carbons (Fsp3) is 0.167. The van der Waals surface area contributed by atoms with E-state index in [1.165, 1.54) is 0 Å². The Kier molecular flexibility index (Phi) is 4.47. The predicted octanol–water partition coefficient (Wildman–Crippen LogP) is 3.07. The molecule has 0 saturated heterocycles. The Bertz CT molecular complexity index is 741. The van der Waals surface area contributed by atoms with E-state index in [2.05, 4.69) is 10.1 Å². The monoisotopic (exact) mass is 306 g/mol. The van der Waals surface area contributed by atoms with Gasteiger partial charge in [0.15, 0.2) is 0 Å². The van der Waals surface area contributed by atoms with Gasteiger partial charge in [-0.25, -0.2) is 4.98 Å². The van der Waals surface area contributed by atoms with Gasteiger partial charge >= 0.3 is 0 Å². The van der Waals surface area contributed by atoms with Gasteiger partial charge in [-0.2, -0.15) is 5.10 Å². The molecule has 2 heterocycles. The molecule has 0 saturated carbocycles. The SMILES string of the molecule is C[C@@H](C(=O)N(Cc1ccccc1)c1ccccn1)n1cccn1. The van der Waals surface area contributed by atoms with E-state index >= 15 is 0 Å². The van der Waals surface area contributed by atoms with Crippen LogP contribution < -0.4 is 4.90 Å². The van der Waals surface area contributed by atoms with Crippen LogP contribution in [0.1, 0.15) is 18.5 Å². The summed E-state index contributed by atoms with van der Waals surface area (Å²) in [4.78, 5) is 19.0. The average Bonchev–Trinajstić information content (AvgIpc) is 3.15. The van der Waals surface area contributed by atoms with Crippen LogP contribution in [0.2, 0.25) is 0 Å². The molecule has 0 N–H and O–H groups in total. The summed E-state index contributed by atoms with van der Waals surface area (Å²) in [7, 11) is 0. The second kappa shape index (κ2) is 6.87. The zero-order valence-corrected chi connectivity index (χ0v) is 12.9. The summed E-state index contributed by atoms with van der Waals surface area (Å²) in [5.74, 6) is 0.594. The number of rotatable bonds is 5. The highest BCUT2D eigenvalue weighted by atomic mass is 16.2. The van der Waals surface area contributed by atoms with Gasteiger partial charge in [-0.15, -0.1) is 0 Å². The van der Waals surface area contributed by atoms with Crippen LogP contribution in [-0.4, -0.2) is 20.7 Å². The third-order valence-electron chi connectivity index (χ3n) is 3.65. The highest BCUT2D eigenvalue weighted by molar-refractivity contribution is 5.94. The largest absolute Gasteiger partial charge is 0.290 e.